The van der Waals surface area contributed by atoms with Crippen LogP contribution in [0.1, 0.15) is 92.1 Å². The predicted octanol–water partition coefficient (Wildman–Crippen LogP) is 13.1. The zero-order valence-corrected chi connectivity index (χ0v) is 43.2. The standard InChI is InChI=1S/C28H33ClN6O.C28H35ClN4O/c1-6-21-23(29)15-24(30)22(7-2)27(21)33-28(36)35(20-11-9-19(31-4)10-12-20)17(3)18-8-13-26-25(14-18)32-16-34(26)5;1-4-19-11-13-22(14-12-19)33(18-21-9-7-20(8-10-21)15-16-30)28(34)32-27-23(5-2)25(29)17-26(31)24(27)6-3/h8-17,31H,6-7,30H2,1-5H3,(H,33,36);7-14,17H,4-6,15-16,18,30-31H2,1-3H3,(H,32,34). The summed E-state index contributed by atoms with van der Waals surface area (Å²) >= 11 is 13.0. The molecule has 0 spiro atoms. The van der Waals surface area contributed by atoms with Gasteiger partial charge < -0.3 is 37.7 Å². The number of halogens is 2. The van der Waals surface area contributed by atoms with Gasteiger partial charge in [-0.15, -0.1) is 0 Å². The zero-order chi connectivity index (χ0) is 50.6. The van der Waals surface area contributed by atoms with Gasteiger partial charge >= 0.3 is 12.1 Å². The molecule has 0 aliphatic rings. The van der Waals surface area contributed by atoms with Crippen LogP contribution in [-0.2, 0) is 52.1 Å². The first-order valence-corrected chi connectivity index (χ1v) is 24.9. The number of rotatable bonds is 16. The Morgan fingerprint density at radius 1 is 0.657 bits per heavy atom. The van der Waals surface area contributed by atoms with Gasteiger partial charge in [-0.3, -0.25) is 9.80 Å². The molecule has 0 bridgehead atoms. The topological polar surface area (TPSA) is 173 Å². The molecular weight excluding hydrogens is 916 g/mol. The van der Waals surface area contributed by atoms with Crippen LogP contribution in [-0.4, -0.2) is 35.2 Å². The van der Waals surface area contributed by atoms with E-state index in [2.05, 4.69) is 64.3 Å². The Morgan fingerprint density at radius 2 is 1.17 bits per heavy atom. The number of urea groups is 2. The Hall–Kier alpha value is -6.73. The summed E-state index contributed by atoms with van der Waals surface area (Å²) in [5, 5.41) is 10.6. The molecule has 7 aromatic rings. The number of benzene rings is 6. The van der Waals surface area contributed by atoms with Gasteiger partial charge in [0.15, 0.2) is 0 Å². The Labute approximate surface area is 423 Å². The molecule has 0 fully saturated rings. The molecule has 0 aliphatic heterocycles. The van der Waals surface area contributed by atoms with Crippen LogP contribution >= 0.6 is 23.2 Å². The van der Waals surface area contributed by atoms with Crippen molar-refractivity contribution in [3.63, 3.8) is 0 Å². The molecule has 368 valence electrons. The van der Waals surface area contributed by atoms with Gasteiger partial charge in [0.25, 0.3) is 0 Å². The number of hydrogen-bond acceptors (Lipinski definition) is 7. The molecule has 1 unspecified atom stereocenters. The predicted molar refractivity (Wildman–Crippen MR) is 296 cm³/mol. The number of nitrogens with zero attached hydrogens (tertiary/aromatic N) is 4. The largest absolute Gasteiger partial charge is 0.398 e. The van der Waals surface area contributed by atoms with Gasteiger partial charge in [0.05, 0.1) is 41.3 Å². The van der Waals surface area contributed by atoms with Crippen molar-refractivity contribution in [2.24, 2.45) is 12.8 Å². The number of nitrogen functional groups attached to an aromatic ring is 2. The molecule has 6 aromatic carbocycles. The normalized spacial score (nSPS) is 11.4. The van der Waals surface area contributed by atoms with Crippen molar-refractivity contribution in [2.75, 3.05) is 50.8 Å². The Kier molecular flexibility index (Phi) is 18.2. The molecule has 1 aromatic heterocycles. The number of aryl methyl sites for hydroxylation is 2. The highest BCUT2D eigenvalue weighted by atomic mass is 35.5. The number of imidazole rings is 1. The molecule has 14 heteroatoms. The fourth-order valence-electron chi connectivity index (χ4n) is 8.83. The summed E-state index contributed by atoms with van der Waals surface area (Å²) in [6.45, 7) is 13.3. The van der Waals surface area contributed by atoms with E-state index in [-0.39, 0.29) is 18.1 Å². The fourth-order valence-corrected chi connectivity index (χ4v) is 9.52. The molecule has 1 atom stereocenters. The van der Waals surface area contributed by atoms with E-state index in [1.165, 1.54) is 11.1 Å². The van der Waals surface area contributed by atoms with E-state index < -0.39 is 0 Å². The minimum absolute atomic E-state index is 0.221. The molecule has 4 amide bonds. The van der Waals surface area contributed by atoms with Gasteiger partial charge in [0.2, 0.25) is 0 Å². The molecular formula is C56H68Cl2N10O2. The number of carbonyl (C=O) groups is 2. The van der Waals surface area contributed by atoms with E-state index in [9.17, 15) is 9.59 Å². The molecule has 0 radical (unpaired) electrons. The third-order valence-corrected chi connectivity index (χ3v) is 13.6. The highest BCUT2D eigenvalue weighted by molar-refractivity contribution is 6.32. The van der Waals surface area contributed by atoms with Crippen LogP contribution in [0.4, 0.5) is 49.4 Å². The fraction of sp³-hybridized carbons (Fsp3) is 0.304. The zero-order valence-electron chi connectivity index (χ0n) is 41.7. The van der Waals surface area contributed by atoms with Gasteiger partial charge in [-0.1, -0.05) is 100 Å². The third kappa shape index (κ3) is 12.0. The van der Waals surface area contributed by atoms with E-state index in [0.29, 0.717) is 71.6 Å². The van der Waals surface area contributed by atoms with Crippen molar-refractivity contribution in [1.29, 1.82) is 0 Å². The van der Waals surface area contributed by atoms with E-state index >= 15 is 0 Å². The first kappa shape index (κ1) is 52.6. The first-order chi connectivity index (χ1) is 33.7. The summed E-state index contributed by atoms with van der Waals surface area (Å²) < 4.78 is 1.98. The van der Waals surface area contributed by atoms with Gasteiger partial charge in [0, 0.05) is 52.6 Å². The molecule has 7 rings (SSSR count). The monoisotopic (exact) mass is 982 g/mol. The maximum atomic E-state index is 14.0. The molecule has 70 heavy (non-hydrogen) atoms. The summed E-state index contributed by atoms with van der Waals surface area (Å²) in [6.07, 6.45) is 6.30. The van der Waals surface area contributed by atoms with Crippen molar-refractivity contribution in [1.82, 2.24) is 9.55 Å². The van der Waals surface area contributed by atoms with Gasteiger partial charge in [-0.2, -0.15) is 0 Å². The lowest BCUT2D eigenvalue weighted by Crippen LogP contribution is -2.37. The van der Waals surface area contributed by atoms with Crippen LogP contribution in [0.3, 0.4) is 0 Å². The van der Waals surface area contributed by atoms with Crippen LogP contribution in [0.15, 0.2) is 109 Å². The molecule has 0 aliphatic carbocycles. The Bertz CT molecular complexity index is 2840. The summed E-state index contributed by atoms with van der Waals surface area (Å²) in [6, 6.07) is 33.1. The van der Waals surface area contributed by atoms with E-state index in [4.69, 9.17) is 40.4 Å². The van der Waals surface area contributed by atoms with Crippen LogP contribution in [0, 0.1) is 0 Å². The van der Waals surface area contributed by atoms with Crippen molar-refractivity contribution in [3.8, 4) is 0 Å². The van der Waals surface area contributed by atoms with E-state index in [0.717, 1.165) is 74.3 Å². The van der Waals surface area contributed by atoms with Crippen LogP contribution < -0.4 is 43.0 Å². The number of anilines is 7. The van der Waals surface area contributed by atoms with Crippen LogP contribution in [0.5, 0.6) is 0 Å². The number of carbonyl (C=O) groups excluding carboxylic acids is 2. The highest BCUT2D eigenvalue weighted by Gasteiger charge is 2.27. The van der Waals surface area contributed by atoms with Gasteiger partial charge in [-0.25, -0.2) is 14.6 Å². The Balaban J connectivity index is 0.000000230. The second-order valence-corrected chi connectivity index (χ2v) is 18.1. The number of hydrogen-bond donors (Lipinski definition) is 6. The van der Waals surface area contributed by atoms with E-state index in [1.807, 2.05) is 108 Å². The third-order valence-electron chi connectivity index (χ3n) is 12.9. The second-order valence-electron chi connectivity index (χ2n) is 17.2. The minimum Gasteiger partial charge on any atom is -0.398 e. The van der Waals surface area contributed by atoms with Crippen LogP contribution in [0.2, 0.25) is 10.0 Å². The van der Waals surface area contributed by atoms with Crippen molar-refractivity contribution in [3.05, 3.63) is 164 Å². The summed E-state index contributed by atoms with van der Waals surface area (Å²) in [4.78, 5) is 35.7. The average molecular weight is 984 g/mol. The summed E-state index contributed by atoms with van der Waals surface area (Å²) in [5.74, 6) is 0. The molecule has 12 nitrogen and oxygen atoms in total. The number of amides is 4. The first-order valence-electron chi connectivity index (χ1n) is 24.1. The number of aromatic nitrogens is 2. The Morgan fingerprint density at radius 3 is 1.69 bits per heavy atom. The maximum absolute atomic E-state index is 14.0. The average Bonchev–Trinajstić information content (AvgIpc) is 3.73. The minimum atomic E-state index is -0.275. The lowest BCUT2D eigenvalue weighted by atomic mass is 10.0. The van der Waals surface area contributed by atoms with Gasteiger partial charge in [0.1, 0.15) is 0 Å². The smallest absolute Gasteiger partial charge is 0.326 e. The van der Waals surface area contributed by atoms with Crippen molar-refractivity contribution >= 4 is 86.1 Å². The van der Waals surface area contributed by atoms with E-state index in [1.54, 1.807) is 28.3 Å². The van der Waals surface area contributed by atoms with Crippen molar-refractivity contribution in [2.45, 2.75) is 92.7 Å². The lowest BCUT2D eigenvalue weighted by molar-refractivity contribution is 0.255. The van der Waals surface area contributed by atoms with Crippen LogP contribution in [0.25, 0.3) is 11.0 Å². The highest BCUT2D eigenvalue weighted by Crippen LogP contribution is 2.37. The maximum Gasteiger partial charge on any atom is 0.326 e. The number of nitrogens with one attached hydrogen (secondary N) is 3. The summed E-state index contributed by atoms with van der Waals surface area (Å²) in [5.41, 5.74) is 33.3. The molecule has 1 heterocycles. The van der Waals surface area contributed by atoms with Gasteiger partial charge in [-0.05, 0) is 157 Å². The molecule has 9 N–H and O–H groups in total. The lowest BCUT2D eigenvalue weighted by Gasteiger charge is -2.31. The quantitative estimate of drug-likeness (QED) is 0.0523. The number of fused-ring (bicyclic) bond motifs is 1. The molecule has 0 saturated carbocycles. The summed E-state index contributed by atoms with van der Waals surface area (Å²) in [7, 11) is 3.83. The number of nitrogens with two attached hydrogens (primary N) is 3. The SMILES string of the molecule is CCc1c(N)cc(Cl)c(CC)c1NC(=O)N(c1ccc(NC)cc1)C(C)c1ccc2c(c1)ncn2C.CCc1ccc(N(Cc2ccc(CCN)cc2)C(=O)Nc2c(CC)c(N)cc(Cl)c2CC)cc1. The van der Waals surface area contributed by atoms with Crippen molar-refractivity contribution < 1.29 is 9.59 Å². The second kappa shape index (κ2) is 24.2. The molecule has 0 saturated heterocycles.